The summed E-state index contributed by atoms with van der Waals surface area (Å²) in [6.07, 6.45) is 8.81. The van der Waals surface area contributed by atoms with Crippen LogP contribution in [-0.4, -0.2) is 35.7 Å². The standard InChI is InChI=1S/C14H24N2O2/c1-13(2,3)18-14(17,16-12-9-15-10-12)11-7-5-4-6-8-11/h4-7,11-12,15-17H,8-10H2,1-3H3/t11-,14+/m1/s1. The highest BCUT2D eigenvalue weighted by molar-refractivity contribution is 5.13. The van der Waals surface area contributed by atoms with Gasteiger partial charge in [-0.05, 0) is 27.2 Å². The molecule has 0 aromatic heterocycles. The highest BCUT2D eigenvalue weighted by Crippen LogP contribution is 2.29. The SMILES string of the molecule is CC(C)(C)O[C@](O)(NC1CNC1)[C@@H]1C=CC=CC1. The lowest BCUT2D eigenvalue weighted by atomic mass is 9.94. The highest BCUT2D eigenvalue weighted by Gasteiger charge is 2.42. The molecule has 0 saturated carbocycles. The van der Waals surface area contributed by atoms with E-state index in [9.17, 15) is 5.11 Å². The number of hydrogen-bond acceptors (Lipinski definition) is 4. The monoisotopic (exact) mass is 252 g/mol. The minimum absolute atomic E-state index is 0.0534. The van der Waals surface area contributed by atoms with Crippen molar-refractivity contribution < 1.29 is 9.84 Å². The third-order valence-electron chi connectivity index (χ3n) is 3.14. The Balaban J connectivity index is 2.09. The molecular formula is C14H24N2O2. The second kappa shape index (κ2) is 5.13. The molecule has 18 heavy (non-hydrogen) atoms. The number of hydrogen-bond donors (Lipinski definition) is 3. The molecule has 2 rings (SSSR count). The molecule has 1 fully saturated rings. The van der Waals surface area contributed by atoms with Gasteiger partial charge in [-0.3, -0.25) is 5.32 Å². The van der Waals surface area contributed by atoms with Crippen LogP contribution in [0.25, 0.3) is 0 Å². The molecule has 0 amide bonds. The fourth-order valence-corrected chi connectivity index (χ4v) is 2.23. The molecule has 0 spiro atoms. The van der Waals surface area contributed by atoms with E-state index < -0.39 is 11.5 Å². The maximum atomic E-state index is 10.9. The minimum atomic E-state index is -1.30. The number of aliphatic hydroxyl groups is 1. The van der Waals surface area contributed by atoms with Crippen molar-refractivity contribution in [3.63, 3.8) is 0 Å². The Morgan fingerprint density at radius 2 is 2.00 bits per heavy atom. The summed E-state index contributed by atoms with van der Waals surface area (Å²) in [5, 5.41) is 17.3. The van der Waals surface area contributed by atoms with Crippen molar-refractivity contribution in [3.8, 4) is 0 Å². The van der Waals surface area contributed by atoms with E-state index in [1.807, 2.05) is 39.0 Å². The Kier molecular flexibility index (Phi) is 3.92. The fourth-order valence-electron chi connectivity index (χ4n) is 2.23. The van der Waals surface area contributed by atoms with Gasteiger partial charge in [0, 0.05) is 25.0 Å². The molecule has 0 bridgehead atoms. The summed E-state index contributed by atoms with van der Waals surface area (Å²) in [5.41, 5.74) is -0.395. The third kappa shape index (κ3) is 3.42. The van der Waals surface area contributed by atoms with Crippen molar-refractivity contribution >= 4 is 0 Å². The molecule has 1 aliphatic heterocycles. The maximum Gasteiger partial charge on any atom is 0.232 e. The number of rotatable bonds is 4. The lowest BCUT2D eigenvalue weighted by Crippen LogP contribution is -2.67. The van der Waals surface area contributed by atoms with Crippen molar-refractivity contribution in [2.24, 2.45) is 5.92 Å². The third-order valence-corrected chi connectivity index (χ3v) is 3.14. The largest absolute Gasteiger partial charge is 0.353 e. The van der Waals surface area contributed by atoms with Crippen molar-refractivity contribution in [3.05, 3.63) is 24.3 Å². The second-order valence-electron chi connectivity index (χ2n) is 6.07. The van der Waals surface area contributed by atoms with Crippen LogP contribution in [0.5, 0.6) is 0 Å². The summed E-state index contributed by atoms with van der Waals surface area (Å²) in [7, 11) is 0. The van der Waals surface area contributed by atoms with Crippen LogP contribution in [0.3, 0.4) is 0 Å². The van der Waals surface area contributed by atoms with Crippen molar-refractivity contribution in [1.29, 1.82) is 0 Å². The van der Waals surface area contributed by atoms with Gasteiger partial charge in [0.05, 0.1) is 5.60 Å². The van der Waals surface area contributed by atoms with Crippen LogP contribution in [0, 0.1) is 5.92 Å². The number of ether oxygens (including phenoxy) is 1. The molecule has 3 N–H and O–H groups in total. The van der Waals surface area contributed by atoms with Gasteiger partial charge in [-0.1, -0.05) is 24.3 Å². The van der Waals surface area contributed by atoms with Gasteiger partial charge >= 0.3 is 0 Å². The van der Waals surface area contributed by atoms with E-state index in [0.29, 0.717) is 0 Å². The predicted octanol–water partition coefficient (Wildman–Crippen LogP) is 1.14. The first kappa shape index (κ1) is 13.7. The molecule has 1 aliphatic carbocycles. The molecule has 102 valence electrons. The summed E-state index contributed by atoms with van der Waals surface area (Å²) in [6, 6.07) is 0.275. The van der Waals surface area contributed by atoms with E-state index in [0.717, 1.165) is 19.5 Å². The molecule has 4 nitrogen and oxygen atoms in total. The summed E-state index contributed by atoms with van der Waals surface area (Å²) < 4.78 is 5.90. The molecule has 0 aromatic carbocycles. The summed E-state index contributed by atoms with van der Waals surface area (Å²) in [5.74, 6) is -1.35. The van der Waals surface area contributed by atoms with Crippen molar-refractivity contribution in [1.82, 2.24) is 10.6 Å². The first-order valence-corrected chi connectivity index (χ1v) is 6.63. The quantitative estimate of drug-likeness (QED) is 0.657. The summed E-state index contributed by atoms with van der Waals surface area (Å²) in [6.45, 7) is 7.63. The molecule has 4 heteroatoms. The Morgan fingerprint density at radius 1 is 1.28 bits per heavy atom. The normalized spacial score (nSPS) is 27.9. The number of allylic oxidation sites excluding steroid dienone is 3. The zero-order valence-electron chi connectivity index (χ0n) is 11.4. The van der Waals surface area contributed by atoms with Crippen LogP contribution in [0.4, 0.5) is 0 Å². The average Bonchev–Trinajstić information content (AvgIpc) is 2.23. The Hall–Kier alpha value is -0.680. The van der Waals surface area contributed by atoms with Crippen LogP contribution < -0.4 is 10.6 Å². The van der Waals surface area contributed by atoms with Gasteiger partial charge in [0.15, 0.2) is 0 Å². The van der Waals surface area contributed by atoms with E-state index in [4.69, 9.17) is 4.74 Å². The topological polar surface area (TPSA) is 53.5 Å². The Labute approximate surface area is 109 Å². The van der Waals surface area contributed by atoms with Crippen molar-refractivity contribution in [2.75, 3.05) is 13.1 Å². The Morgan fingerprint density at radius 3 is 2.44 bits per heavy atom. The van der Waals surface area contributed by atoms with Gasteiger partial charge in [0.2, 0.25) is 5.91 Å². The van der Waals surface area contributed by atoms with Gasteiger partial charge in [-0.25, -0.2) is 0 Å². The average molecular weight is 252 g/mol. The minimum Gasteiger partial charge on any atom is -0.353 e. The molecule has 1 saturated heterocycles. The van der Waals surface area contributed by atoms with Gasteiger partial charge < -0.3 is 15.2 Å². The van der Waals surface area contributed by atoms with E-state index >= 15 is 0 Å². The van der Waals surface area contributed by atoms with Crippen LogP contribution in [0.1, 0.15) is 27.2 Å². The lowest BCUT2D eigenvalue weighted by Gasteiger charge is -2.44. The molecule has 0 radical (unpaired) electrons. The van der Waals surface area contributed by atoms with Gasteiger partial charge in [0.1, 0.15) is 0 Å². The predicted molar refractivity (Wildman–Crippen MR) is 72.0 cm³/mol. The highest BCUT2D eigenvalue weighted by atomic mass is 16.7. The zero-order chi connectivity index (χ0) is 13.2. The zero-order valence-corrected chi connectivity index (χ0v) is 11.4. The van der Waals surface area contributed by atoms with E-state index in [1.165, 1.54) is 0 Å². The van der Waals surface area contributed by atoms with E-state index in [-0.39, 0.29) is 12.0 Å². The smallest absolute Gasteiger partial charge is 0.232 e. The van der Waals surface area contributed by atoms with Crippen LogP contribution >= 0.6 is 0 Å². The molecule has 1 heterocycles. The first-order valence-electron chi connectivity index (χ1n) is 6.63. The van der Waals surface area contributed by atoms with Gasteiger partial charge in [-0.15, -0.1) is 0 Å². The summed E-state index contributed by atoms with van der Waals surface area (Å²) >= 11 is 0. The molecule has 0 aromatic rings. The maximum absolute atomic E-state index is 10.9. The molecule has 0 unspecified atom stereocenters. The van der Waals surface area contributed by atoms with Crippen molar-refractivity contribution in [2.45, 2.75) is 44.7 Å². The molecule has 2 atom stereocenters. The van der Waals surface area contributed by atoms with Crippen LogP contribution in [0.15, 0.2) is 24.3 Å². The first-order chi connectivity index (χ1) is 8.39. The van der Waals surface area contributed by atoms with Gasteiger partial charge in [-0.2, -0.15) is 0 Å². The van der Waals surface area contributed by atoms with Gasteiger partial charge in [0.25, 0.3) is 0 Å². The van der Waals surface area contributed by atoms with E-state index in [2.05, 4.69) is 16.7 Å². The summed E-state index contributed by atoms with van der Waals surface area (Å²) in [4.78, 5) is 0. The van der Waals surface area contributed by atoms with Crippen LogP contribution in [0.2, 0.25) is 0 Å². The van der Waals surface area contributed by atoms with Crippen LogP contribution in [-0.2, 0) is 4.74 Å². The number of nitrogens with one attached hydrogen (secondary N) is 2. The second-order valence-corrected chi connectivity index (χ2v) is 6.07. The molecule has 2 aliphatic rings. The Bertz CT molecular complexity index is 342. The fraction of sp³-hybridized carbons (Fsp3) is 0.714. The lowest BCUT2D eigenvalue weighted by molar-refractivity contribution is -0.295. The van der Waals surface area contributed by atoms with E-state index in [1.54, 1.807) is 0 Å². The molecular weight excluding hydrogens is 228 g/mol.